The number of Topliss-reactive ketones (excluding diaryl/α,β-unsaturated/α-hetero) is 2. The standard InChI is InChI=1S/C17H15FO3/c1-11-9-13(7-8-15(11)18)16(20)10-21-17-6-4-3-5-14(17)12(2)19/h3-9H,10H2,1-2H3. The lowest BCUT2D eigenvalue weighted by Crippen LogP contribution is -2.13. The van der Waals surface area contributed by atoms with Gasteiger partial charge >= 0.3 is 0 Å². The Labute approximate surface area is 122 Å². The molecule has 0 aliphatic carbocycles. The molecule has 2 aromatic rings. The van der Waals surface area contributed by atoms with E-state index in [9.17, 15) is 14.0 Å². The third kappa shape index (κ3) is 3.54. The first-order valence-electron chi connectivity index (χ1n) is 6.51. The number of ether oxygens (including phenoxy) is 1. The number of ketones is 2. The van der Waals surface area contributed by atoms with Crippen molar-refractivity contribution in [3.8, 4) is 5.75 Å². The molecule has 108 valence electrons. The van der Waals surface area contributed by atoms with Gasteiger partial charge in [0.1, 0.15) is 11.6 Å². The van der Waals surface area contributed by atoms with Crippen molar-refractivity contribution in [2.24, 2.45) is 0 Å². The zero-order valence-corrected chi connectivity index (χ0v) is 11.9. The molecule has 0 amide bonds. The van der Waals surface area contributed by atoms with Crippen LogP contribution < -0.4 is 4.74 Å². The van der Waals surface area contributed by atoms with Crippen LogP contribution in [0.3, 0.4) is 0 Å². The van der Waals surface area contributed by atoms with Gasteiger partial charge < -0.3 is 4.74 Å². The van der Waals surface area contributed by atoms with Gasteiger partial charge in [0.05, 0.1) is 5.56 Å². The highest BCUT2D eigenvalue weighted by Gasteiger charge is 2.12. The molecule has 0 N–H and O–H groups in total. The molecule has 3 nitrogen and oxygen atoms in total. The highest BCUT2D eigenvalue weighted by atomic mass is 19.1. The zero-order valence-electron chi connectivity index (χ0n) is 11.9. The van der Waals surface area contributed by atoms with Crippen molar-refractivity contribution in [1.29, 1.82) is 0 Å². The van der Waals surface area contributed by atoms with E-state index in [1.807, 2.05) is 0 Å². The maximum Gasteiger partial charge on any atom is 0.200 e. The maximum atomic E-state index is 13.2. The topological polar surface area (TPSA) is 43.4 Å². The Morgan fingerprint density at radius 2 is 1.86 bits per heavy atom. The molecule has 0 heterocycles. The minimum Gasteiger partial charge on any atom is -0.485 e. The Balaban J connectivity index is 2.11. The van der Waals surface area contributed by atoms with Gasteiger partial charge in [0.2, 0.25) is 0 Å². The van der Waals surface area contributed by atoms with Crippen molar-refractivity contribution in [1.82, 2.24) is 0 Å². The smallest absolute Gasteiger partial charge is 0.200 e. The summed E-state index contributed by atoms with van der Waals surface area (Å²) in [5.74, 6) is -0.376. The molecular formula is C17H15FO3. The molecule has 2 rings (SSSR count). The van der Waals surface area contributed by atoms with Gasteiger partial charge in [-0.3, -0.25) is 9.59 Å². The van der Waals surface area contributed by atoms with Crippen LogP contribution in [0.15, 0.2) is 42.5 Å². The van der Waals surface area contributed by atoms with E-state index in [1.54, 1.807) is 31.2 Å². The van der Waals surface area contributed by atoms with Crippen LogP contribution in [0.1, 0.15) is 33.2 Å². The van der Waals surface area contributed by atoms with Crippen LogP contribution in [0, 0.1) is 12.7 Å². The molecule has 0 radical (unpaired) electrons. The fraction of sp³-hybridized carbons (Fsp3) is 0.176. The highest BCUT2D eigenvalue weighted by Crippen LogP contribution is 2.19. The number of benzene rings is 2. The quantitative estimate of drug-likeness (QED) is 0.789. The molecule has 0 fully saturated rings. The number of hydrogen-bond donors (Lipinski definition) is 0. The fourth-order valence-electron chi connectivity index (χ4n) is 1.93. The average molecular weight is 286 g/mol. The molecule has 0 aliphatic rings. The summed E-state index contributed by atoms with van der Waals surface area (Å²) in [4.78, 5) is 23.5. The second-order valence-corrected chi connectivity index (χ2v) is 4.73. The lowest BCUT2D eigenvalue weighted by molar-refractivity contribution is 0.0913. The van der Waals surface area contributed by atoms with Crippen molar-refractivity contribution >= 4 is 11.6 Å². The number of hydrogen-bond acceptors (Lipinski definition) is 3. The summed E-state index contributed by atoms with van der Waals surface area (Å²) in [5, 5.41) is 0. The van der Waals surface area contributed by atoms with E-state index in [2.05, 4.69) is 0 Å². The van der Waals surface area contributed by atoms with Crippen LogP contribution in [-0.2, 0) is 0 Å². The molecule has 0 aromatic heterocycles. The lowest BCUT2D eigenvalue weighted by atomic mass is 10.1. The van der Waals surface area contributed by atoms with E-state index in [0.717, 1.165) is 0 Å². The Morgan fingerprint density at radius 3 is 2.52 bits per heavy atom. The van der Waals surface area contributed by atoms with Crippen LogP contribution in [0.4, 0.5) is 4.39 Å². The molecular weight excluding hydrogens is 271 g/mol. The van der Waals surface area contributed by atoms with Crippen molar-refractivity contribution in [2.75, 3.05) is 6.61 Å². The SMILES string of the molecule is CC(=O)c1ccccc1OCC(=O)c1ccc(F)c(C)c1. The van der Waals surface area contributed by atoms with Crippen molar-refractivity contribution in [2.45, 2.75) is 13.8 Å². The average Bonchev–Trinajstić information content (AvgIpc) is 2.47. The molecule has 0 atom stereocenters. The van der Waals surface area contributed by atoms with Crippen molar-refractivity contribution in [3.63, 3.8) is 0 Å². The first kappa shape index (κ1) is 14.9. The highest BCUT2D eigenvalue weighted by molar-refractivity contribution is 5.98. The van der Waals surface area contributed by atoms with E-state index >= 15 is 0 Å². The van der Waals surface area contributed by atoms with E-state index < -0.39 is 0 Å². The zero-order chi connectivity index (χ0) is 15.4. The molecule has 0 saturated carbocycles. The van der Waals surface area contributed by atoms with Crippen LogP contribution in [0.5, 0.6) is 5.75 Å². The minimum atomic E-state index is -0.352. The third-order valence-corrected chi connectivity index (χ3v) is 3.11. The fourth-order valence-corrected chi connectivity index (χ4v) is 1.93. The largest absolute Gasteiger partial charge is 0.485 e. The number of rotatable bonds is 5. The first-order valence-corrected chi connectivity index (χ1v) is 6.51. The Bertz CT molecular complexity index is 692. The summed E-state index contributed by atoms with van der Waals surface area (Å²) >= 11 is 0. The summed E-state index contributed by atoms with van der Waals surface area (Å²) in [6, 6.07) is 10.9. The molecule has 2 aromatic carbocycles. The van der Waals surface area contributed by atoms with E-state index in [1.165, 1.54) is 25.1 Å². The number of aryl methyl sites for hydroxylation is 1. The Kier molecular flexibility index (Phi) is 4.48. The second-order valence-electron chi connectivity index (χ2n) is 4.73. The molecule has 21 heavy (non-hydrogen) atoms. The van der Waals surface area contributed by atoms with Crippen molar-refractivity contribution < 1.29 is 18.7 Å². The van der Waals surface area contributed by atoms with Gasteiger partial charge in [-0.2, -0.15) is 0 Å². The van der Waals surface area contributed by atoms with Crippen molar-refractivity contribution in [3.05, 3.63) is 65.0 Å². The molecule has 0 spiro atoms. The van der Waals surface area contributed by atoms with E-state index in [-0.39, 0.29) is 24.0 Å². The summed E-state index contributed by atoms with van der Waals surface area (Å²) in [6.45, 7) is 2.83. The van der Waals surface area contributed by atoms with Gasteiger partial charge in [0, 0.05) is 5.56 Å². The summed E-state index contributed by atoms with van der Waals surface area (Å²) in [5.41, 5.74) is 1.22. The van der Waals surface area contributed by atoms with Gasteiger partial charge in [-0.15, -0.1) is 0 Å². The van der Waals surface area contributed by atoms with Crippen LogP contribution in [-0.4, -0.2) is 18.2 Å². The van der Waals surface area contributed by atoms with Gasteiger partial charge in [-0.1, -0.05) is 12.1 Å². The second kappa shape index (κ2) is 6.31. The van der Waals surface area contributed by atoms with Crippen LogP contribution >= 0.6 is 0 Å². The van der Waals surface area contributed by atoms with Gasteiger partial charge in [0.15, 0.2) is 18.2 Å². The molecule has 0 bridgehead atoms. The maximum absolute atomic E-state index is 13.2. The van der Waals surface area contributed by atoms with Gasteiger partial charge in [0.25, 0.3) is 0 Å². The lowest BCUT2D eigenvalue weighted by Gasteiger charge is -2.09. The normalized spacial score (nSPS) is 10.2. The molecule has 0 unspecified atom stereocenters. The first-order chi connectivity index (χ1) is 9.99. The summed E-state index contributed by atoms with van der Waals surface area (Å²) in [7, 11) is 0. The monoisotopic (exact) mass is 286 g/mol. The van der Waals surface area contributed by atoms with Crippen LogP contribution in [0.25, 0.3) is 0 Å². The number of carbonyl (C=O) groups excluding carboxylic acids is 2. The Hall–Kier alpha value is -2.49. The van der Waals surface area contributed by atoms with Crippen LogP contribution in [0.2, 0.25) is 0 Å². The minimum absolute atomic E-state index is 0.129. The number of para-hydroxylation sites is 1. The summed E-state index contributed by atoms with van der Waals surface area (Å²) < 4.78 is 18.6. The van der Waals surface area contributed by atoms with Gasteiger partial charge in [-0.25, -0.2) is 4.39 Å². The summed E-state index contributed by atoms with van der Waals surface area (Å²) in [6.07, 6.45) is 0. The predicted molar refractivity (Wildman–Crippen MR) is 77.4 cm³/mol. The molecule has 0 aliphatic heterocycles. The van der Waals surface area contributed by atoms with E-state index in [0.29, 0.717) is 22.4 Å². The third-order valence-electron chi connectivity index (χ3n) is 3.11. The molecule has 0 saturated heterocycles. The van der Waals surface area contributed by atoms with Gasteiger partial charge in [-0.05, 0) is 49.7 Å². The predicted octanol–water partition coefficient (Wildman–Crippen LogP) is 3.60. The molecule has 4 heteroatoms. The Morgan fingerprint density at radius 1 is 1.14 bits per heavy atom. The number of halogens is 1. The van der Waals surface area contributed by atoms with E-state index in [4.69, 9.17) is 4.74 Å². The number of carbonyl (C=O) groups is 2.